The molecule has 0 saturated carbocycles. The quantitative estimate of drug-likeness (QED) is 0.772. The fraction of sp³-hybridized carbons (Fsp3) is 0.417. The molecule has 1 aliphatic rings. The van der Waals surface area contributed by atoms with Gasteiger partial charge in [-0.25, -0.2) is 8.42 Å². The third-order valence-electron chi connectivity index (χ3n) is 2.78. The van der Waals surface area contributed by atoms with Crippen LogP contribution in [-0.4, -0.2) is 38.5 Å². The van der Waals surface area contributed by atoms with Crippen LogP contribution in [0.5, 0.6) is 5.75 Å². The summed E-state index contributed by atoms with van der Waals surface area (Å²) in [6.45, 7) is -0.100. The first-order chi connectivity index (χ1) is 8.94. The Morgan fingerprint density at radius 3 is 2.63 bits per heavy atom. The molecule has 0 bridgehead atoms. The first-order valence-electron chi connectivity index (χ1n) is 5.83. The van der Waals surface area contributed by atoms with Crippen LogP contribution < -0.4 is 10.1 Å². The zero-order chi connectivity index (χ0) is 13.9. The minimum Gasteiger partial charge on any atom is -0.484 e. The average Bonchev–Trinajstić information content (AvgIpc) is 2.68. The molecule has 0 spiro atoms. The van der Waals surface area contributed by atoms with Crippen molar-refractivity contribution in [2.75, 3.05) is 18.1 Å². The normalized spacial score (nSPS) is 21.0. The summed E-state index contributed by atoms with van der Waals surface area (Å²) in [5.74, 6) is 0.508. The van der Waals surface area contributed by atoms with E-state index < -0.39 is 9.84 Å². The summed E-state index contributed by atoms with van der Waals surface area (Å²) < 4.78 is 28.9. The van der Waals surface area contributed by atoms with Crippen molar-refractivity contribution in [1.82, 2.24) is 5.32 Å². The average molecular weight is 395 g/mol. The minimum atomic E-state index is -2.97. The van der Waals surface area contributed by atoms with Crippen molar-refractivity contribution in [3.05, 3.63) is 27.8 Å². The molecule has 19 heavy (non-hydrogen) atoms. The monoisotopic (exact) mass is 395 g/mol. The Bertz CT molecular complexity index is 556. The SMILES string of the molecule is O=C(COc1ccc(I)cc1)N[C@@H]1CCS(=O)(=O)C1. The lowest BCUT2D eigenvalue weighted by Crippen LogP contribution is -2.38. The Morgan fingerprint density at radius 1 is 1.37 bits per heavy atom. The largest absolute Gasteiger partial charge is 0.484 e. The van der Waals surface area contributed by atoms with Crippen LogP contribution in [0.2, 0.25) is 0 Å². The van der Waals surface area contributed by atoms with Gasteiger partial charge in [-0.05, 0) is 53.3 Å². The molecule has 5 nitrogen and oxygen atoms in total. The summed E-state index contributed by atoms with van der Waals surface area (Å²) in [4.78, 5) is 11.6. The predicted octanol–water partition coefficient (Wildman–Crippen LogP) is 0.973. The number of nitrogens with one attached hydrogen (secondary N) is 1. The van der Waals surface area contributed by atoms with Crippen molar-refractivity contribution in [2.45, 2.75) is 12.5 Å². The number of halogens is 1. The van der Waals surface area contributed by atoms with Gasteiger partial charge in [-0.1, -0.05) is 0 Å². The molecule has 1 heterocycles. The van der Waals surface area contributed by atoms with E-state index in [1.54, 1.807) is 12.1 Å². The summed E-state index contributed by atoms with van der Waals surface area (Å²) in [5.41, 5.74) is 0. The van der Waals surface area contributed by atoms with Gasteiger partial charge in [0.2, 0.25) is 0 Å². The van der Waals surface area contributed by atoms with E-state index in [-0.39, 0.29) is 30.1 Å². The molecule has 1 N–H and O–H groups in total. The maximum atomic E-state index is 11.6. The predicted molar refractivity (Wildman–Crippen MR) is 79.9 cm³/mol. The Kier molecular flexibility index (Phi) is 4.67. The molecule has 0 unspecified atom stereocenters. The molecular weight excluding hydrogens is 381 g/mol. The molecule has 0 aliphatic carbocycles. The summed E-state index contributed by atoms with van der Waals surface area (Å²) in [6, 6.07) is 7.07. The van der Waals surface area contributed by atoms with Gasteiger partial charge in [0.25, 0.3) is 5.91 Å². The van der Waals surface area contributed by atoms with Gasteiger partial charge in [-0.15, -0.1) is 0 Å². The first kappa shape index (κ1) is 14.6. The number of hydrogen-bond acceptors (Lipinski definition) is 4. The molecule has 1 aromatic carbocycles. The Hall–Kier alpha value is -0.830. The third-order valence-corrected chi connectivity index (χ3v) is 5.27. The second-order valence-electron chi connectivity index (χ2n) is 4.41. The second kappa shape index (κ2) is 6.08. The van der Waals surface area contributed by atoms with Crippen molar-refractivity contribution in [2.24, 2.45) is 0 Å². The van der Waals surface area contributed by atoms with Gasteiger partial charge in [0.15, 0.2) is 16.4 Å². The molecule has 1 amide bonds. The summed E-state index contributed by atoms with van der Waals surface area (Å²) in [6.07, 6.45) is 0.484. The molecule has 1 saturated heterocycles. The van der Waals surface area contributed by atoms with E-state index in [0.29, 0.717) is 12.2 Å². The van der Waals surface area contributed by atoms with Crippen LogP contribution in [-0.2, 0) is 14.6 Å². The smallest absolute Gasteiger partial charge is 0.258 e. The van der Waals surface area contributed by atoms with Crippen molar-refractivity contribution in [1.29, 1.82) is 0 Å². The van der Waals surface area contributed by atoms with Crippen LogP contribution in [0.25, 0.3) is 0 Å². The van der Waals surface area contributed by atoms with E-state index in [0.717, 1.165) is 3.57 Å². The molecule has 0 radical (unpaired) electrons. The number of sulfone groups is 1. The minimum absolute atomic E-state index is 0.0300. The van der Waals surface area contributed by atoms with Gasteiger partial charge in [0.05, 0.1) is 11.5 Å². The molecule has 0 aromatic heterocycles. The van der Waals surface area contributed by atoms with Crippen molar-refractivity contribution >= 4 is 38.3 Å². The highest BCUT2D eigenvalue weighted by atomic mass is 127. The number of carbonyl (C=O) groups is 1. The highest BCUT2D eigenvalue weighted by Gasteiger charge is 2.28. The lowest BCUT2D eigenvalue weighted by molar-refractivity contribution is -0.123. The number of ether oxygens (including phenoxy) is 1. The zero-order valence-electron chi connectivity index (χ0n) is 10.1. The molecule has 2 rings (SSSR count). The molecule has 1 atom stereocenters. The van der Waals surface area contributed by atoms with E-state index in [9.17, 15) is 13.2 Å². The van der Waals surface area contributed by atoms with Crippen LogP contribution >= 0.6 is 22.6 Å². The van der Waals surface area contributed by atoms with Gasteiger partial charge in [-0.2, -0.15) is 0 Å². The number of rotatable bonds is 4. The van der Waals surface area contributed by atoms with Gasteiger partial charge < -0.3 is 10.1 Å². The molecule has 104 valence electrons. The molecule has 1 aliphatic heterocycles. The Labute approximate surface area is 125 Å². The number of hydrogen-bond donors (Lipinski definition) is 1. The fourth-order valence-electron chi connectivity index (χ4n) is 1.86. The van der Waals surface area contributed by atoms with Crippen LogP contribution in [0.3, 0.4) is 0 Å². The first-order valence-corrected chi connectivity index (χ1v) is 8.73. The summed E-state index contributed by atoms with van der Waals surface area (Å²) in [7, 11) is -2.97. The number of benzene rings is 1. The van der Waals surface area contributed by atoms with E-state index >= 15 is 0 Å². The highest BCUT2D eigenvalue weighted by Crippen LogP contribution is 2.14. The maximum absolute atomic E-state index is 11.6. The van der Waals surface area contributed by atoms with Crippen molar-refractivity contribution in [3.63, 3.8) is 0 Å². The van der Waals surface area contributed by atoms with Crippen LogP contribution in [0.15, 0.2) is 24.3 Å². The van der Waals surface area contributed by atoms with Gasteiger partial charge in [-0.3, -0.25) is 4.79 Å². The molecular formula is C12H14INO4S. The second-order valence-corrected chi connectivity index (χ2v) is 7.88. The fourth-order valence-corrected chi connectivity index (χ4v) is 3.89. The van der Waals surface area contributed by atoms with E-state index in [1.807, 2.05) is 12.1 Å². The molecule has 1 aromatic rings. The Morgan fingerprint density at radius 2 is 2.05 bits per heavy atom. The third kappa shape index (κ3) is 4.64. The maximum Gasteiger partial charge on any atom is 0.258 e. The van der Waals surface area contributed by atoms with Crippen LogP contribution in [0.4, 0.5) is 0 Å². The van der Waals surface area contributed by atoms with E-state index in [1.165, 1.54) is 0 Å². The topological polar surface area (TPSA) is 72.5 Å². The lowest BCUT2D eigenvalue weighted by atomic mass is 10.2. The van der Waals surface area contributed by atoms with Crippen LogP contribution in [0.1, 0.15) is 6.42 Å². The van der Waals surface area contributed by atoms with Crippen molar-refractivity contribution in [3.8, 4) is 5.75 Å². The van der Waals surface area contributed by atoms with E-state index in [2.05, 4.69) is 27.9 Å². The summed E-state index contributed by atoms with van der Waals surface area (Å²) >= 11 is 2.18. The molecule has 1 fully saturated rings. The number of carbonyl (C=O) groups excluding carboxylic acids is 1. The highest BCUT2D eigenvalue weighted by molar-refractivity contribution is 14.1. The van der Waals surface area contributed by atoms with Crippen molar-refractivity contribution < 1.29 is 17.9 Å². The molecule has 7 heteroatoms. The van der Waals surface area contributed by atoms with Gasteiger partial charge >= 0.3 is 0 Å². The van der Waals surface area contributed by atoms with Gasteiger partial charge in [0.1, 0.15) is 5.75 Å². The standard InChI is InChI=1S/C12H14INO4S/c13-9-1-3-11(4-2-9)18-7-12(15)14-10-5-6-19(16,17)8-10/h1-4,10H,5-8H2,(H,14,15)/t10-/m1/s1. The lowest BCUT2D eigenvalue weighted by Gasteiger charge is -2.11. The summed E-state index contributed by atoms with van der Waals surface area (Å²) in [5, 5.41) is 2.67. The zero-order valence-corrected chi connectivity index (χ0v) is 13.1. The van der Waals surface area contributed by atoms with E-state index in [4.69, 9.17) is 4.74 Å². The Balaban J connectivity index is 1.77. The van der Waals surface area contributed by atoms with Crippen LogP contribution in [0, 0.1) is 3.57 Å². The van der Waals surface area contributed by atoms with Gasteiger partial charge in [0, 0.05) is 9.61 Å². The number of amides is 1.